The first-order valence-electron chi connectivity index (χ1n) is 7.44. The van der Waals surface area contributed by atoms with Crippen molar-refractivity contribution >= 4 is 43.9 Å². The maximum atomic E-state index is 12.6. The second-order valence-electron chi connectivity index (χ2n) is 5.59. The van der Waals surface area contributed by atoms with Gasteiger partial charge in [-0.3, -0.25) is 9.52 Å². The first-order valence-corrected chi connectivity index (χ1v) is 9.74. The molecule has 1 aliphatic rings. The van der Waals surface area contributed by atoms with E-state index in [1.165, 1.54) is 13.2 Å². The van der Waals surface area contributed by atoms with Gasteiger partial charge in [0.2, 0.25) is 5.91 Å². The lowest BCUT2D eigenvalue weighted by Crippen LogP contribution is -2.20. The summed E-state index contributed by atoms with van der Waals surface area (Å²) in [6.45, 7) is 1.71. The molecule has 1 aliphatic heterocycles. The zero-order valence-electron chi connectivity index (χ0n) is 13.6. The number of anilines is 2. The maximum absolute atomic E-state index is 12.6. The fourth-order valence-electron chi connectivity index (χ4n) is 2.55. The summed E-state index contributed by atoms with van der Waals surface area (Å²) in [5.74, 6) is -0.580. The van der Waals surface area contributed by atoms with Crippen LogP contribution in [0.1, 0.15) is 27.2 Å². The van der Waals surface area contributed by atoms with E-state index in [2.05, 4.69) is 14.8 Å². The van der Waals surface area contributed by atoms with Crippen LogP contribution in [0.4, 0.5) is 10.7 Å². The third-order valence-electron chi connectivity index (χ3n) is 3.81. The smallest absolute Gasteiger partial charge is 0.348 e. The van der Waals surface area contributed by atoms with Gasteiger partial charge in [0.15, 0.2) is 0 Å². The summed E-state index contributed by atoms with van der Waals surface area (Å²) in [4.78, 5) is 23.5. The Labute approximate surface area is 149 Å². The van der Waals surface area contributed by atoms with E-state index < -0.39 is 16.0 Å². The lowest BCUT2D eigenvalue weighted by atomic mass is 10.0. The Bertz CT molecular complexity index is 963. The molecule has 0 saturated carbocycles. The number of methoxy groups -OCH3 is 1. The summed E-state index contributed by atoms with van der Waals surface area (Å²) in [6.07, 6.45) is 0.825. The molecular formula is C16H16N2O5S2. The Kier molecular flexibility index (Phi) is 4.53. The van der Waals surface area contributed by atoms with Gasteiger partial charge in [-0.25, -0.2) is 13.2 Å². The Hall–Kier alpha value is -2.39. The molecule has 0 unspecified atom stereocenters. The zero-order valence-corrected chi connectivity index (χ0v) is 15.2. The van der Waals surface area contributed by atoms with Crippen molar-refractivity contribution in [3.8, 4) is 0 Å². The number of fused-ring (bicyclic) bond motifs is 1. The van der Waals surface area contributed by atoms with E-state index in [0.29, 0.717) is 34.0 Å². The van der Waals surface area contributed by atoms with Gasteiger partial charge in [0.05, 0.1) is 12.0 Å². The SMILES string of the molecule is COC(=O)c1sc(NS(=O)(=O)c2ccc3c(c2)CCC(=O)N3)cc1C. The highest BCUT2D eigenvalue weighted by atomic mass is 32.2. The summed E-state index contributed by atoms with van der Waals surface area (Å²) in [6, 6.07) is 6.17. The number of nitrogens with one attached hydrogen (secondary N) is 2. The van der Waals surface area contributed by atoms with E-state index in [-0.39, 0.29) is 10.8 Å². The van der Waals surface area contributed by atoms with Crippen molar-refractivity contribution in [2.45, 2.75) is 24.7 Å². The fraction of sp³-hybridized carbons (Fsp3) is 0.250. The number of ether oxygens (including phenoxy) is 1. The van der Waals surface area contributed by atoms with Crippen LogP contribution in [-0.4, -0.2) is 27.4 Å². The standard InChI is InChI=1S/C16H16N2O5S2/c1-9-7-14(24-15(9)16(20)23-2)18-25(21,22)11-4-5-12-10(8-11)3-6-13(19)17-12/h4-5,7-8,18H,3,6H2,1-2H3,(H,17,19). The van der Waals surface area contributed by atoms with Crippen molar-refractivity contribution < 1.29 is 22.7 Å². The normalized spacial score (nSPS) is 13.8. The number of carbonyl (C=O) groups excluding carboxylic acids is 2. The topological polar surface area (TPSA) is 102 Å². The van der Waals surface area contributed by atoms with Crippen LogP contribution in [0.3, 0.4) is 0 Å². The summed E-state index contributed by atoms with van der Waals surface area (Å²) < 4.78 is 32.4. The molecule has 1 aromatic carbocycles. The maximum Gasteiger partial charge on any atom is 0.348 e. The molecule has 2 heterocycles. The van der Waals surface area contributed by atoms with Crippen molar-refractivity contribution in [2.24, 2.45) is 0 Å². The highest BCUT2D eigenvalue weighted by Gasteiger charge is 2.22. The lowest BCUT2D eigenvalue weighted by molar-refractivity contribution is -0.116. The van der Waals surface area contributed by atoms with E-state index in [0.717, 1.165) is 16.9 Å². The van der Waals surface area contributed by atoms with Crippen molar-refractivity contribution in [3.05, 3.63) is 40.3 Å². The molecule has 0 spiro atoms. The average Bonchev–Trinajstić information content (AvgIpc) is 2.93. The van der Waals surface area contributed by atoms with Crippen molar-refractivity contribution in [1.82, 2.24) is 0 Å². The number of amides is 1. The predicted octanol–water partition coefficient (Wildman–Crippen LogP) is 2.53. The number of hydrogen-bond acceptors (Lipinski definition) is 6. The van der Waals surface area contributed by atoms with Crippen LogP contribution in [0.25, 0.3) is 0 Å². The minimum Gasteiger partial charge on any atom is -0.465 e. The predicted molar refractivity (Wildman–Crippen MR) is 94.6 cm³/mol. The van der Waals surface area contributed by atoms with Gasteiger partial charge in [0, 0.05) is 12.1 Å². The Balaban J connectivity index is 1.88. The van der Waals surface area contributed by atoms with Gasteiger partial charge >= 0.3 is 5.97 Å². The Morgan fingerprint density at radius 1 is 1.28 bits per heavy atom. The molecule has 0 saturated heterocycles. The summed E-state index contributed by atoms with van der Waals surface area (Å²) in [5, 5.41) is 3.05. The van der Waals surface area contributed by atoms with Crippen LogP contribution >= 0.6 is 11.3 Å². The first kappa shape index (κ1) is 17.4. The minimum atomic E-state index is -3.80. The highest BCUT2D eigenvalue weighted by Crippen LogP contribution is 2.31. The van der Waals surface area contributed by atoms with E-state index in [4.69, 9.17) is 0 Å². The number of carbonyl (C=O) groups is 2. The van der Waals surface area contributed by atoms with Crippen LogP contribution in [0.5, 0.6) is 0 Å². The minimum absolute atomic E-state index is 0.0781. The first-order chi connectivity index (χ1) is 11.8. The summed E-state index contributed by atoms with van der Waals surface area (Å²) in [7, 11) is -2.53. The molecule has 7 nitrogen and oxygen atoms in total. The molecule has 0 fully saturated rings. The third kappa shape index (κ3) is 3.52. The van der Waals surface area contributed by atoms with Crippen LogP contribution < -0.4 is 10.0 Å². The summed E-state index contributed by atoms with van der Waals surface area (Å²) >= 11 is 1.02. The molecule has 132 valence electrons. The molecule has 1 amide bonds. The monoisotopic (exact) mass is 380 g/mol. The largest absolute Gasteiger partial charge is 0.465 e. The van der Waals surface area contributed by atoms with Crippen LogP contribution in [0, 0.1) is 6.92 Å². The number of esters is 1. The number of rotatable bonds is 4. The van der Waals surface area contributed by atoms with Crippen LogP contribution in [-0.2, 0) is 26.0 Å². The fourth-order valence-corrected chi connectivity index (χ4v) is 4.87. The molecule has 3 rings (SSSR count). The van der Waals surface area contributed by atoms with Gasteiger partial charge in [-0.1, -0.05) is 0 Å². The van der Waals surface area contributed by atoms with Crippen molar-refractivity contribution in [3.63, 3.8) is 0 Å². The van der Waals surface area contributed by atoms with Crippen molar-refractivity contribution in [2.75, 3.05) is 17.1 Å². The van der Waals surface area contributed by atoms with E-state index in [1.54, 1.807) is 25.1 Å². The van der Waals surface area contributed by atoms with Crippen LogP contribution in [0.2, 0.25) is 0 Å². The molecule has 0 atom stereocenters. The second-order valence-corrected chi connectivity index (χ2v) is 8.32. The van der Waals surface area contributed by atoms with Crippen molar-refractivity contribution in [1.29, 1.82) is 0 Å². The lowest BCUT2D eigenvalue weighted by Gasteiger charge is -2.17. The third-order valence-corrected chi connectivity index (χ3v) is 6.43. The Morgan fingerprint density at radius 3 is 2.76 bits per heavy atom. The molecule has 25 heavy (non-hydrogen) atoms. The quantitative estimate of drug-likeness (QED) is 0.794. The van der Waals surface area contributed by atoms with Gasteiger partial charge in [0.25, 0.3) is 10.0 Å². The highest BCUT2D eigenvalue weighted by molar-refractivity contribution is 7.93. The molecule has 2 aromatic rings. The van der Waals surface area contributed by atoms with Gasteiger partial charge in [-0.05, 0) is 48.7 Å². The number of thiophene rings is 1. The second kappa shape index (κ2) is 6.49. The van der Waals surface area contributed by atoms with Crippen LogP contribution in [0.15, 0.2) is 29.2 Å². The molecule has 0 aliphatic carbocycles. The number of benzene rings is 1. The van der Waals surface area contributed by atoms with E-state index in [9.17, 15) is 18.0 Å². The molecule has 0 bridgehead atoms. The molecule has 0 radical (unpaired) electrons. The zero-order chi connectivity index (χ0) is 18.2. The van der Waals surface area contributed by atoms with E-state index in [1.807, 2.05) is 0 Å². The van der Waals surface area contributed by atoms with Gasteiger partial charge in [-0.2, -0.15) is 0 Å². The molecule has 1 aromatic heterocycles. The molecule has 9 heteroatoms. The average molecular weight is 380 g/mol. The number of sulfonamides is 1. The molecule has 2 N–H and O–H groups in total. The van der Waals surface area contributed by atoms with Gasteiger partial charge in [0.1, 0.15) is 9.88 Å². The number of aryl methyl sites for hydroxylation is 2. The van der Waals surface area contributed by atoms with E-state index >= 15 is 0 Å². The number of hydrogen-bond donors (Lipinski definition) is 2. The van der Waals surface area contributed by atoms with Gasteiger partial charge in [-0.15, -0.1) is 11.3 Å². The molecular weight excluding hydrogens is 364 g/mol. The Morgan fingerprint density at radius 2 is 2.04 bits per heavy atom. The summed E-state index contributed by atoms with van der Waals surface area (Å²) in [5.41, 5.74) is 2.05. The van der Waals surface area contributed by atoms with Gasteiger partial charge < -0.3 is 10.1 Å².